The predicted molar refractivity (Wildman–Crippen MR) is 66.1 cm³/mol. The molecule has 0 aliphatic carbocycles. The van der Waals surface area contributed by atoms with E-state index in [0.29, 0.717) is 0 Å². The maximum atomic E-state index is 10.8. The molecule has 0 fully saturated rings. The van der Waals surface area contributed by atoms with Gasteiger partial charge in [-0.05, 0) is 12.1 Å². The number of hydrogen-bond donors (Lipinski definition) is 2. The first-order valence-electron chi connectivity index (χ1n) is 4.83. The second-order valence-corrected chi connectivity index (χ2v) is 3.79. The third-order valence-electron chi connectivity index (χ3n) is 2.10. The average Bonchev–Trinajstić information content (AvgIpc) is 2.30. The zero-order valence-corrected chi connectivity index (χ0v) is 9.65. The van der Waals surface area contributed by atoms with Gasteiger partial charge in [0.25, 0.3) is 5.69 Å². The summed E-state index contributed by atoms with van der Waals surface area (Å²) in [5, 5.41) is 22.9. The molecule has 5 nitrogen and oxygen atoms in total. The number of benzene rings is 1. The number of rotatable bonds is 5. The van der Waals surface area contributed by atoms with Gasteiger partial charge in [-0.1, -0.05) is 11.6 Å². The molecule has 0 heterocycles. The summed E-state index contributed by atoms with van der Waals surface area (Å²) in [5.41, 5.74) is 0.140. The Balaban J connectivity index is 2.97. The van der Waals surface area contributed by atoms with Gasteiger partial charge >= 0.3 is 0 Å². The fraction of sp³-hybridized carbons (Fsp3) is 0.273. The topological polar surface area (TPSA) is 75.4 Å². The summed E-state index contributed by atoms with van der Waals surface area (Å²) in [5.74, 6) is 2.38. The number of terminal acetylenes is 1. The monoisotopic (exact) mass is 254 g/mol. The van der Waals surface area contributed by atoms with Gasteiger partial charge in [-0.2, -0.15) is 0 Å². The van der Waals surface area contributed by atoms with E-state index in [2.05, 4.69) is 11.2 Å². The van der Waals surface area contributed by atoms with Gasteiger partial charge in [-0.25, -0.2) is 0 Å². The molecule has 1 aromatic carbocycles. The fourth-order valence-electron chi connectivity index (χ4n) is 1.30. The molecule has 0 saturated heterocycles. The van der Waals surface area contributed by atoms with Crippen molar-refractivity contribution in [2.24, 2.45) is 0 Å². The SMILES string of the molecule is C#CC[C@@H](CO)Nc1ccc(Cl)cc1[N+](=O)[O-]. The van der Waals surface area contributed by atoms with Crippen LogP contribution in [0.4, 0.5) is 11.4 Å². The molecule has 0 unspecified atom stereocenters. The van der Waals surface area contributed by atoms with Crippen molar-refractivity contribution in [2.75, 3.05) is 11.9 Å². The summed E-state index contributed by atoms with van der Waals surface area (Å²) < 4.78 is 0. The lowest BCUT2D eigenvalue weighted by molar-refractivity contribution is -0.384. The van der Waals surface area contributed by atoms with Gasteiger partial charge in [0.2, 0.25) is 0 Å². The Labute approximate surface area is 104 Å². The van der Waals surface area contributed by atoms with Gasteiger partial charge in [-0.15, -0.1) is 12.3 Å². The summed E-state index contributed by atoms with van der Waals surface area (Å²) in [6.07, 6.45) is 5.40. The molecular weight excluding hydrogens is 244 g/mol. The van der Waals surface area contributed by atoms with Gasteiger partial charge in [0, 0.05) is 17.5 Å². The van der Waals surface area contributed by atoms with Crippen LogP contribution in [0.5, 0.6) is 0 Å². The normalized spacial score (nSPS) is 11.6. The summed E-state index contributed by atoms with van der Waals surface area (Å²) in [6.45, 7) is -0.204. The van der Waals surface area contributed by atoms with Crippen molar-refractivity contribution in [1.29, 1.82) is 0 Å². The number of hydrogen-bond acceptors (Lipinski definition) is 4. The number of nitro groups is 1. The van der Waals surface area contributed by atoms with Gasteiger partial charge in [-0.3, -0.25) is 10.1 Å². The van der Waals surface area contributed by atoms with Crippen molar-refractivity contribution in [2.45, 2.75) is 12.5 Å². The van der Waals surface area contributed by atoms with Crippen molar-refractivity contribution in [3.8, 4) is 12.3 Å². The quantitative estimate of drug-likeness (QED) is 0.479. The largest absolute Gasteiger partial charge is 0.394 e. The van der Waals surface area contributed by atoms with Gasteiger partial charge in [0.05, 0.1) is 17.6 Å². The first-order chi connectivity index (χ1) is 8.08. The molecule has 90 valence electrons. The number of halogens is 1. The second-order valence-electron chi connectivity index (χ2n) is 3.35. The van der Waals surface area contributed by atoms with Crippen LogP contribution < -0.4 is 5.32 Å². The average molecular weight is 255 g/mol. The Hall–Kier alpha value is -1.77. The molecule has 0 bridgehead atoms. The highest BCUT2D eigenvalue weighted by atomic mass is 35.5. The summed E-state index contributed by atoms with van der Waals surface area (Å²) in [7, 11) is 0. The van der Waals surface area contributed by atoms with Crippen LogP contribution in [0.1, 0.15) is 6.42 Å². The molecule has 6 heteroatoms. The first-order valence-corrected chi connectivity index (χ1v) is 5.21. The maximum Gasteiger partial charge on any atom is 0.293 e. The molecule has 0 aromatic heterocycles. The minimum absolute atomic E-state index is 0.145. The summed E-state index contributed by atoms with van der Waals surface area (Å²) >= 11 is 5.68. The van der Waals surface area contributed by atoms with Crippen LogP contribution in [-0.2, 0) is 0 Å². The smallest absolute Gasteiger partial charge is 0.293 e. The van der Waals surface area contributed by atoms with Crippen LogP contribution in [0.25, 0.3) is 0 Å². The molecule has 1 rings (SSSR count). The lowest BCUT2D eigenvalue weighted by Crippen LogP contribution is -2.23. The zero-order valence-electron chi connectivity index (χ0n) is 8.89. The zero-order chi connectivity index (χ0) is 12.8. The molecule has 0 spiro atoms. The van der Waals surface area contributed by atoms with E-state index in [9.17, 15) is 10.1 Å². The van der Waals surface area contributed by atoms with Crippen molar-refractivity contribution in [3.05, 3.63) is 33.3 Å². The number of nitrogens with one attached hydrogen (secondary N) is 1. The highest BCUT2D eigenvalue weighted by Gasteiger charge is 2.16. The Morgan fingerprint density at radius 3 is 2.88 bits per heavy atom. The molecule has 1 atom stereocenters. The number of anilines is 1. The lowest BCUT2D eigenvalue weighted by atomic mass is 10.2. The third-order valence-corrected chi connectivity index (χ3v) is 2.34. The summed E-state index contributed by atoms with van der Waals surface area (Å²) in [6, 6.07) is 3.84. The van der Waals surface area contributed by atoms with Crippen LogP contribution in [0.2, 0.25) is 5.02 Å². The van der Waals surface area contributed by atoms with E-state index in [1.165, 1.54) is 18.2 Å². The number of nitro benzene ring substituents is 1. The minimum Gasteiger partial charge on any atom is -0.394 e. The molecule has 0 aliphatic rings. The third kappa shape index (κ3) is 3.63. The Morgan fingerprint density at radius 2 is 2.35 bits per heavy atom. The van der Waals surface area contributed by atoms with Crippen molar-refractivity contribution >= 4 is 23.0 Å². The summed E-state index contributed by atoms with van der Waals surface area (Å²) in [4.78, 5) is 10.3. The highest BCUT2D eigenvalue weighted by Crippen LogP contribution is 2.28. The highest BCUT2D eigenvalue weighted by molar-refractivity contribution is 6.30. The van der Waals surface area contributed by atoms with Crippen molar-refractivity contribution in [3.63, 3.8) is 0 Å². The molecule has 17 heavy (non-hydrogen) atoms. The second kappa shape index (κ2) is 6.09. The van der Waals surface area contributed by atoms with E-state index in [-0.39, 0.29) is 29.4 Å². The van der Waals surface area contributed by atoms with E-state index >= 15 is 0 Å². The van der Waals surface area contributed by atoms with Crippen LogP contribution in [0.3, 0.4) is 0 Å². The maximum absolute atomic E-state index is 10.8. The first kappa shape index (κ1) is 13.3. The Kier molecular flexibility index (Phi) is 4.76. The molecule has 1 aromatic rings. The van der Waals surface area contributed by atoms with Crippen LogP contribution in [0, 0.1) is 22.5 Å². The molecule has 0 radical (unpaired) electrons. The van der Waals surface area contributed by atoms with Crippen molar-refractivity contribution in [1.82, 2.24) is 0 Å². The van der Waals surface area contributed by atoms with Crippen LogP contribution in [-0.4, -0.2) is 22.7 Å². The molecule has 0 amide bonds. The van der Waals surface area contributed by atoms with E-state index in [4.69, 9.17) is 23.1 Å². The van der Waals surface area contributed by atoms with Gasteiger partial charge < -0.3 is 10.4 Å². The molecule has 0 saturated carbocycles. The Bertz CT molecular complexity index is 457. The predicted octanol–water partition coefficient (Wildman–Crippen LogP) is 2.04. The van der Waals surface area contributed by atoms with Crippen LogP contribution in [0.15, 0.2) is 18.2 Å². The van der Waals surface area contributed by atoms with E-state index in [1.54, 1.807) is 0 Å². The van der Waals surface area contributed by atoms with Gasteiger partial charge in [0.1, 0.15) is 5.69 Å². The van der Waals surface area contributed by atoms with Crippen LogP contribution >= 0.6 is 11.6 Å². The number of aliphatic hydroxyl groups is 1. The van der Waals surface area contributed by atoms with E-state index in [0.717, 1.165) is 0 Å². The number of aliphatic hydroxyl groups excluding tert-OH is 1. The molecular formula is C11H11ClN2O3. The lowest BCUT2D eigenvalue weighted by Gasteiger charge is -2.14. The standard InChI is InChI=1S/C11H11ClN2O3/c1-2-3-9(7-15)13-10-5-4-8(12)6-11(10)14(16)17/h1,4-6,9,13,15H,3,7H2/t9-/m0/s1. The van der Waals surface area contributed by atoms with Crippen molar-refractivity contribution < 1.29 is 10.0 Å². The van der Waals surface area contributed by atoms with Gasteiger partial charge in [0.15, 0.2) is 0 Å². The molecule has 2 N–H and O–H groups in total. The number of nitrogens with zero attached hydrogens (tertiary/aromatic N) is 1. The Morgan fingerprint density at radius 1 is 1.65 bits per heavy atom. The minimum atomic E-state index is -0.543. The fourth-order valence-corrected chi connectivity index (χ4v) is 1.47. The van der Waals surface area contributed by atoms with E-state index < -0.39 is 11.0 Å². The molecule has 0 aliphatic heterocycles. The van der Waals surface area contributed by atoms with E-state index in [1.807, 2.05) is 0 Å².